The number of anilines is 1. The van der Waals surface area contributed by atoms with Crippen molar-refractivity contribution in [1.29, 1.82) is 0 Å². The smallest absolute Gasteiger partial charge is 0.326 e. The summed E-state index contributed by atoms with van der Waals surface area (Å²) in [6, 6.07) is 3.69. The average Bonchev–Trinajstić information content (AvgIpc) is 2.32. The van der Waals surface area contributed by atoms with Crippen LogP contribution in [0.2, 0.25) is 0 Å². The standard InChI is InChI=1S/C14H19N3O4/c1-8-5-9(2)7-10(6-8)16-14(21)17-11(13(19)20)3-4-12(15)18/h5-7,11H,3-4H2,1-2H3,(H2,15,18)(H,19,20)(H2,16,17,21). The molecule has 21 heavy (non-hydrogen) atoms. The second-order valence-corrected chi connectivity index (χ2v) is 4.87. The van der Waals surface area contributed by atoms with Gasteiger partial charge in [-0.3, -0.25) is 4.79 Å². The molecule has 0 aliphatic carbocycles. The molecule has 3 amide bonds. The second kappa shape index (κ2) is 7.28. The van der Waals surface area contributed by atoms with Crippen molar-refractivity contribution < 1.29 is 19.5 Å². The minimum absolute atomic E-state index is 0.0507. The van der Waals surface area contributed by atoms with Crippen molar-refractivity contribution in [2.45, 2.75) is 32.7 Å². The maximum atomic E-state index is 11.8. The molecule has 0 aliphatic heterocycles. The normalized spacial score (nSPS) is 11.5. The molecule has 0 aliphatic rings. The number of hydrogen-bond acceptors (Lipinski definition) is 3. The lowest BCUT2D eigenvalue weighted by Crippen LogP contribution is -2.43. The molecule has 0 heterocycles. The summed E-state index contributed by atoms with van der Waals surface area (Å²) in [5, 5.41) is 13.9. The van der Waals surface area contributed by atoms with Crippen molar-refractivity contribution in [3.63, 3.8) is 0 Å². The molecule has 7 nitrogen and oxygen atoms in total. The molecule has 5 N–H and O–H groups in total. The highest BCUT2D eigenvalue weighted by atomic mass is 16.4. The van der Waals surface area contributed by atoms with Gasteiger partial charge in [0, 0.05) is 12.1 Å². The Morgan fingerprint density at radius 3 is 2.24 bits per heavy atom. The summed E-state index contributed by atoms with van der Waals surface area (Å²) in [7, 11) is 0. The van der Waals surface area contributed by atoms with Gasteiger partial charge < -0.3 is 21.5 Å². The first kappa shape index (κ1) is 16.5. The number of carboxylic acid groups (broad SMARTS) is 1. The van der Waals surface area contributed by atoms with Crippen molar-refractivity contribution in [1.82, 2.24) is 5.32 Å². The quantitative estimate of drug-likeness (QED) is 0.628. The molecule has 0 bridgehead atoms. The fourth-order valence-corrected chi connectivity index (χ4v) is 1.92. The van der Waals surface area contributed by atoms with Crippen LogP contribution in [0.1, 0.15) is 24.0 Å². The first-order valence-corrected chi connectivity index (χ1v) is 6.45. The number of hydrogen-bond donors (Lipinski definition) is 4. The van der Waals surface area contributed by atoms with E-state index in [1.165, 1.54) is 0 Å². The highest BCUT2D eigenvalue weighted by Gasteiger charge is 2.20. The highest BCUT2D eigenvalue weighted by molar-refractivity contribution is 5.92. The molecule has 0 spiro atoms. The van der Waals surface area contributed by atoms with Crippen LogP contribution >= 0.6 is 0 Å². The summed E-state index contributed by atoms with van der Waals surface area (Å²) in [6.45, 7) is 3.78. The Balaban J connectivity index is 2.65. The largest absolute Gasteiger partial charge is 0.480 e. The van der Waals surface area contributed by atoms with Crippen LogP contribution in [0.5, 0.6) is 0 Å². The molecule has 0 aromatic heterocycles. The summed E-state index contributed by atoms with van der Waals surface area (Å²) in [5.74, 6) is -1.83. The van der Waals surface area contributed by atoms with Crippen LogP contribution in [0.4, 0.5) is 10.5 Å². The Morgan fingerprint density at radius 2 is 1.76 bits per heavy atom. The number of aliphatic carboxylic acids is 1. The number of nitrogens with two attached hydrogens (primary N) is 1. The number of carbonyl (C=O) groups is 3. The number of rotatable bonds is 6. The van der Waals surface area contributed by atoms with Crippen molar-refractivity contribution in [3.8, 4) is 0 Å². The van der Waals surface area contributed by atoms with E-state index >= 15 is 0 Å². The first-order chi connectivity index (χ1) is 9.77. The fraction of sp³-hybridized carbons (Fsp3) is 0.357. The van der Waals surface area contributed by atoms with E-state index in [1.54, 1.807) is 12.1 Å². The van der Waals surface area contributed by atoms with Crippen LogP contribution in [-0.2, 0) is 9.59 Å². The molecule has 0 saturated heterocycles. The molecule has 1 unspecified atom stereocenters. The average molecular weight is 293 g/mol. The van der Waals surface area contributed by atoms with Gasteiger partial charge in [0.2, 0.25) is 5.91 Å². The van der Waals surface area contributed by atoms with Crippen LogP contribution in [-0.4, -0.2) is 29.1 Å². The van der Waals surface area contributed by atoms with Crippen molar-refractivity contribution in [3.05, 3.63) is 29.3 Å². The number of urea groups is 1. The molecular formula is C14H19N3O4. The fourth-order valence-electron chi connectivity index (χ4n) is 1.92. The zero-order valence-corrected chi connectivity index (χ0v) is 12.0. The third kappa shape index (κ3) is 5.94. The summed E-state index contributed by atoms with van der Waals surface area (Å²) < 4.78 is 0. The topological polar surface area (TPSA) is 122 Å². The number of carbonyl (C=O) groups excluding carboxylic acids is 2. The second-order valence-electron chi connectivity index (χ2n) is 4.87. The number of nitrogens with one attached hydrogen (secondary N) is 2. The van der Waals surface area contributed by atoms with Gasteiger partial charge in [-0.1, -0.05) is 6.07 Å². The van der Waals surface area contributed by atoms with Gasteiger partial charge in [-0.2, -0.15) is 0 Å². The molecule has 1 aromatic rings. The zero-order valence-electron chi connectivity index (χ0n) is 12.0. The van der Waals surface area contributed by atoms with Gasteiger partial charge in [0.15, 0.2) is 0 Å². The van der Waals surface area contributed by atoms with E-state index < -0.39 is 23.9 Å². The Labute approximate surface area is 122 Å². The lowest BCUT2D eigenvalue weighted by Gasteiger charge is -2.15. The molecule has 7 heteroatoms. The van der Waals surface area contributed by atoms with E-state index in [9.17, 15) is 14.4 Å². The highest BCUT2D eigenvalue weighted by Crippen LogP contribution is 2.13. The van der Waals surface area contributed by atoms with Crippen LogP contribution in [0.25, 0.3) is 0 Å². The minimum atomic E-state index is -1.22. The summed E-state index contributed by atoms with van der Waals surface area (Å²) in [4.78, 5) is 33.5. The van der Waals surface area contributed by atoms with Crippen LogP contribution in [0.15, 0.2) is 18.2 Å². The van der Waals surface area contributed by atoms with E-state index in [1.807, 2.05) is 19.9 Å². The molecule has 0 saturated carbocycles. The SMILES string of the molecule is Cc1cc(C)cc(NC(=O)NC(CCC(N)=O)C(=O)O)c1. The Morgan fingerprint density at radius 1 is 1.19 bits per heavy atom. The van der Waals surface area contributed by atoms with E-state index in [2.05, 4.69) is 10.6 Å². The van der Waals surface area contributed by atoms with Gasteiger partial charge in [0.25, 0.3) is 0 Å². The zero-order chi connectivity index (χ0) is 16.0. The predicted molar refractivity (Wildman–Crippen MR) is 77.9 cm³/mol. The first-order valence-electron chi connectivity index (χ1n) is 6.45. The molecule has 1 rings (SSSR count). The number of amides is 3. The van der Waals surface area contributed by atoms with Crippen molar-refractivity contribution in [2.75, 3.05) is 5.32 Å². The van der Waals surface area contributed by atoms with Gasteiger partial charge >= 0.3 is 12.0 Å². The van der Waals surface area contributed by atoms with Gasteiger partial charge in [-0.15, -0.1) is 0 Å². The Kier molecular flexibility index (Phi) is 5.71. The molecular weight excluding hydrogens is 274 g/mol. The van der Waals surface area contributed by atoms with Crippen molar-refractivity contribution >= 4 is 23.6 Å². The van der Waals surface area contributed by atoms with Gasteiger partial charge in [-0.25, -0.2) is 9.59 Å². The summed E-state index contributed by atoms with van der Waals surface area (Å²) in [6.07, 6.45) is -0.161. The minimum Gasteiger partial charge on any atom is -0.480 e. The lowest BCUT2D eigenvalue weighted by molar-refractivity contribution is -0.139. The third-order valence-electron chi connectivity index (χ3n) is 2.76. The number of benzene rings is 1. The summed E-state index contributed by atoms with van der Waals surface area (Å²) >= 11 is 0. The Bertz CT molecular complexity index is 537. The summed E-state index contributed by atoms with van der Waals surface area (Å²) in [5.41, 5.74) is 7.50. The maximum absolute atomic E-state index is 11.8. The molecule has 114 valence electrons. The lowest BCUT2D eigenvalue weighted by atomic mass is 10.1. The van der Waals surface area contributed by atoms with Crippen LogP contribution in [0.3, 0.4) is 0 Å². The van der Waals surface area contributed by atoms with E-state index in [0.717, 1.165) is 11.1 Å². The number of primary amides is 1. The number of carboxylic acids is 1. The van der Waals surface area contributed by atoms with Gasteiger partial charge in [-0.05, 0) is 43.5 Å². The van der Waals surface area contributed by atoms with Crippen LogP contribution in [0, 0.1) is 13.8 Å². The van der Waals surface area contributed by atoms with E-state index in [4.69, 9.17) is 10.8 Å². The van der Waals surface area contributed by atoms with Crippen LogP contribution < -0.4 is 16.4 Å². The molecule has 0 radical (unpaired) electrons. The maximum Gasteiger partial charge on any atom is 0.326 e. The third-order valence-corrected chi connectivity index (χ3v) is 2.76. The van der Waals surface area contributed by atoms with Gasteiger partial charge in [0.05, 0.1) is 0 Å². The monoisotopic (exact) mass is 293 g/mol. The Hall–Kier alpha value is -2.57. The molecule has 1 atom stereocenters. The molecule has 1 aromatic carbocycles. The van der Waals surface area contributed by atoms with E-state index in [-0.39, 0.29) is 12.8 Å². The number of aryl methyl sites for hydroxylation is 2. The van der Waals surface area contributed by atoms with Gasteiger partial charge in [0.1, 0.15) is 6.04 Å². The molecule has 0 fully saturated rings. The van der Waals surface area contributed by atoms with E-state index in [0.29, 0.717) is 5.69 Å². The predicted octanol–water partition coefficient (Wildman–Crippen LogP) is 1.14. The van der Waals surface area contributed by atoms with Crippen molar-refractivity contribution in [2.24, 2.45) is 5.73 Å².